The van der Waals surface area contributed by atoms with Crippen LogP contribution < -0.4 is 10.1 Å². The van der Waals surface area contributed by atoms with Gasteiger partial charge in [0, 0.05) is 23.0 Å². The fraction of sp³-hybridized carbons (Fsp3) is 0.647. The van der Waals surface area contributed by atoms with E-state index in [4.69, 9.17) is 16.3 Å². The molecule has 2 atom stereocenters. The van der Waals surface area contributed by atoms with Gasteiger partial charge < -0.3 is 10.1 Å². The average Bonchev–Trinajstić information content (AvgIpc) is 2.45. The highest BCUT2D eigenvalue weighted by Gasteiger charge is 2.27. The van der Waals surface area contributed by atoms with E-state index in [1.165, 1.54) is 24.8 Å². The Kier molecular flexibility index (Phi) is 6.18. The normalized spacial score (nSPS) is 21.4. The molecule has 0 fully saturated rings. The molecule has 1 N–H and O–H groups in total. The van der Waals surface area contributed by atoms with Gasteiger partial charge in [-0.3, -0.25) is 0 Å². The molecule has 0 saturated heterocycles. The van der Waals surface area contributed by atoms with Gasteiger partial charge in [0.2, 0.25) is 0 Å². The third-order valence-corrected chi connectivity index (χ3v) is 4.14. The van der Waals surface area contributed by atoms with Crippen LogP contribution in [0.5, 0.6) is 5.75 Å². The summed E-state index contributed by atoms with van der Waals surface area (Å²) < 4.78 is 6.15. The van der Waals surface area contributed by atoms with Crippen molar-refractivity contribution in [1.29, 1.82) is 0 Å². The molecule has 2 nitrogen and oxygen atoms in total. The zero-order valence-corrected chi connectivity index (χ0v) is 13.4. The van der Waals surface area contributed by atoms with Gasteiger partial charge in [0.25, 0.3) is 0 Å². The molecule has 2 unspecified atom stereocenters. The van der Waals surface area contributed by atoms with Crippen molar-refractivity contribution in [3.8, 4) is 5.75 Å². The lowest BCUT2D eigenvalue weighted by Crippen LogP contribution is -2.33. The van der Waals surface area contributed by atoms with Gasteiger partial charge in [-0.15, -0.1) is 0 Å². The zero-order chi connectivity index (χ0) is 14.4. The minimum atomic E-state index is 0.338. The first-order valence-electron chi connectivity index (χ1n) is 7.94. The molecular weight excluding hydrogens is 270 g/mol. The van der Waals surface area contributed by atoms with Gasteiger partial charge in [-0.05, 0) is 44.0 Å². The molecule has 0 saturated carbocycles. The number of unbranched alkanes of at least 4 members (excludes halogenated alkanes) is 2. The Labute approximate surface area is 127 Å². The van der Waals surface area contributed by atoms with Crippen molar-refractivity contribution in [3.05, 3.63) is 28.8 Å². The molecule has 0 bridgehead atoms. The molecular formula is C17H26ClNO. The van der Waals surface area contributed by atoms with E-state index in [0.29, 0.717) is 12.1 Å². The van der Waals surface area contributed by atoms with E-state index in [2.05, 4.69) is 19.2 Å². The molecule has 112 valence electrons. The lowest BCUT2D eigenvalue weighted by Gasteiger charge is -2.33. The first kappa shape index (κ1) is 15.7. The van der Waals surface area contributed by atoms with Gasteiger partial charge in [-0.1, -0.05) is 38.3 Å². The molecule has 20 heavy (non-hydrogen) atoms. The van der Waals surface area contributed by atoms with E-state index in [1.54, 1.807) is 0 Å². The van der Waals surface area contributed by atoms with Crippen molar-refractivity contribution in [2.45, 2.75) is 64.5 Å². The molecule has 0 spiro atoms. The van der Waals surface area contributed by atoms with Crippen LogP contribution in [-0.4, -0.2) is 12.6 Å². The van der Waals surface area contributed by atoms with E-state index in [1.807, 2.05) is 18.2 Å². The quantitative estimate of drug-likeness (QED) is 0.706. The predicted octanol–water partition coefficient (Wildman–Crippen LogP) is 5.11. The maximum absolute atomic E-state index is 6.15. The molecule has 1 aromatic rings. The summed E-state index contributed by atoms with van der Waals surface area (Å²) in [6.45, 7) is 5.48. The van der Waals surface area contributed by atoms with Gasteiger partial charge in [-0.2, -0.15) is 0 Å². The van der Waals surface area contributed by atoms with Crippen molar-refractivity contribution < 1.29 is 4.74 Å². The van der Waals surface area contributed by atoms with Crippen LogP contribution in [0.25, 0.3) is 0 Å². The number of nitrogens with one attached hydrogen (secondary N) is 1. The van der Waals surface area contributed by atoms with E-state index in [9.17, 15) is 0 Å². The standard InChI is InChI=1S/C17H26ClNO/c1-3-5-6-7-14-12-16(19-10-4-2)15-11-13(18)8-9-17(15)20-14/h8-9,11,14,16,19H,3-7,10,12H2,1-2H3. The first-order valence-corrected chi connectivity index (χ1v) is 8.31. The van der Waals surface area contributed by atoms with Gasteiger partial charge in [-0.25, -0.2) is 0 Å². The molecule has 1 aliphatic heterocycles. The Bertz CT molecular complexity index is 421. The third kappa shape index (κ3) is 4.13. The van der Waals surface area contributed by atoms with E-state index < -0.39 is 0 Å². The van der Waals surface area contributed by atoms with Crippen LogP contribution in [0.3, 0.4) is 0 Å². The summed E-state index contributed by atoms with van der Waals surface area (Å²) in [6, 6.07) is 6.37. The van der Waals surface area contributed by atoms with Crippen LogP contribution in [0.15, 0.2) is 18.2 Å². The van der Waals surface area contributed by atoms with Gasteiger partial charge in [0.05, 0.1) is 0 Å². The van der Waals surface area contributed by atoms with E-state index >= 15 is 0 Å². The van der Waals surface area contributed by atoms with Crippen LogP contribution in [0, 0.1) is 0 Å². The molecule has 0 aliphatic carbocycles. The summed E-state index contributed by atoms with van der Waals surface area (Å²) in [4.78, 5) is 0. The Morgan fingerprint density at radius 2 is 2.10 bits per heavy atom. The number of ether oxygens (including phenoxy) is 1. The van der Waals surface area contributed by atoms with Crippen molar-refractivity contribution in [2.75, 3.05) is 6.54 Å². The smallest absolute Gasteiger partial charge is 0.124 e. The topological polar surface area (TPSA) is 21.3 Å². The third-order valence-electron chi connectivity index (χ3n) is 3.91. The molecule has 0 amide bonds. The molecule has 1 aliphatic rings. The van der Waals surface area contributed by atoms with Gasteiger partial charge >= 0.3 is 0 Å². The van der Waals surface area contributed by atoms with Crippen LogP contribution in [0.2, 0.25) is 5.02 Å². The Morgan fingerprint density at radius 1 is 1.25 bits per heavy atom. The second-order valence-electron chi connectivity index (χ2n) is 5.66. The lowest BCUT2D eigenvalue weighted by atomic mass is 9.94. The van der Waals surface area contributed by atoms with Crippen LogP contribution in [0.4, 0.5) is 0 Å². The molecule has 0 radical (unpaired) electrons. The highest BCUT2D eigenvalue weighted by Crippen LogP contribution is 2.37. The summed E-state index contributed by atoms with van der Waals surface area (Å²) in [6.07, 6.45) is 7.50. The Morgan fingerprint density at radius 3 is 2.85 bits per heavy atom. The van der Waals surface area contributed by atoms with Crippen molar-refractivity contribution in [3.63, 3.8) is 0 Å². The average molecular weight is 296 g/mol. The van der Waals surface area contributed by atoms with Gasteiger partial charge in [0.15, 0.2) is 0 Å². The van der Waals surface area contributed by atoms with Crippen LogP contribution in [-0.2, 0) is 0 Å². The fourth-order valence-electron chi connectivity index (χ4n) is 2.83. The van der Waals surface area contributed by atoms with Crippen molar-refractivity contribution in [1.82, 2.24) is 5.32 Å². The summed E-state index contributed by atoms with van der Waals surface area (Å²) in [5.41, 5.74) is 1.22. The second kappa shape index (κ2) is 7.90. The number of benzene rings is 1. The first-order chi connectivity index (χ1) is 9.74. The highest BCUT2D eigenvalue weighted by atomic mass is 35.5. The minimum absolute atomic E-state index is 0.338. The fourth-order valence-corrected chi connectivity index (χ4v) is 3.01. The van der Waals surface area contributed by atoms with Crippen molar-refractivity contribution in [2.24, 2.45) is 0 Å². The van der Waals surface area contributed by atoms with Crippen LogP contribution >= 0.6 is 11.6 Å². The maximum Gasteiger partial charge on any atom is 0.124 e. The number of hydrogen-bond acceptors (Lipinski definition) is 2. The van der Waals surface area contributed by atoms with E-state index in [-0.39, 0.29) is 0 Å². The van der Waals surface area contributed by atoms with E-state index in [0.717, 1.165) is 36.6 Å². The largest absolute Gasteiger partial charge is 0.490 e. The molecule has 2 rings (SSSR count). The summed E-state index contributed by atoms with van der Waals surface area (Å²) in [5.74, 6) is 1.01. The molecule has 1 heterocycles. The number of halogens is 1. The minimum Gasteiger partial charge on any atom is -0.490 e. The Hall–Kier alpha value is -0.730. The number of fused-ring (bicyclic) bond motifs is 1. The molecule has 1 aromatic carbocycles. The molecule has 0 aromatic heterocycles. The zero-order valence-electron chi connectivity index (χ0n) is 12.6. The van der Waals surface area contributed by atoms with Crippen LogP contribution in [0.1, 0.15) is 64.0 Å². The maximum atomic E-state index is 6.15. The Balaban J connectivity index is 2.07. The summed E-state index contributed by atoms with van der Waals surface area (Å²) in [5, 5.41) is 4.43. The van der Waals surface area contributed by atoms with Crippen molar-refractivity contribution >= 4 is 11.6 Å². The SMILES string of the molecule is CCCCCC1CC(NCCC)c2cc(Cl)ccc2O1. The number of hydrogen-bond donors (Lipinski definition) is 1. The summed E-state index contributed by atoms with van der Waals surface area (Å²) in [7, 11) is 0. The predicted molar refractivity (Wildman–Crippen MR) is 85.7 cm³/mol. The highest BCUT2D eigenvalue weighted by molar-refractivity contribution is 6.30. The summed E-state index contributed by atoms with van der Waals surface area (Å²) >= 11 is 6.13. The number of rotatable bonds is 7. The van der Waals surface area contributed by atoms with Gasteiger partial charge in [0.1, 0.15) is 11.9 Å². The lowest BCUT2D eigenvalue weighted by molar-refractivity contribution is 0.138. The monoisotopic (exact) mass is 295 g/mol. The molecule has 3 heteroatoms. The second-order valence-corrected chi connectivity index (χ2v) is 6.10.